The summed E-state index contributed by atoms with van der Waals surface area (Å²) in [6.07, 6.45) is 0.948. The summed E-state index contributed by atoms with van der Waals surface area (Å²) in [6.45, 7) is 1.24. The Labute approximate surface area is 99.6 Å². The molecule has 1 aliphatic heterocycles. The Bertz CT molecular complexity index is 386. The van der Waals surface area contributed by atoms with Crippen LogP contribution >= 0.6 is 11.6 Å². The number of carboxylic acid groups (broad SMARTS) is 1. The first-order valence-corrected chi connectivity index (χ1v) is 5.78. The molecule has 0 radical (unpaired) electrons. The summed E-state index contributed by atoms with van der Waals surface area (Å²) in [5, 5.41) is 9.59. The van der Waals surface area contributed by atoms with Crippen LogP contribution in [0.4, 0.5) is 4.79 Å². The first kappa shape index (κ1) is 11.3. The van der Waals surface area contributed by atoms with Gasteiger partial charge in [-0.15, -0.1) is 0 Å². The highest BCUT2D eigenvalue weighted by Crippen LogP contribution is 2.29. The monoisotopic (exact) mass is 239 g/mol. The molecular weight excluding hydrogens is 226 g/mol. The SMILES string of the molecule is O=C(O)N1CCC(c2cccc(Cl)c2)CC1. The molecule has 0 spiro atoms. The molecule has 0 aliphatic carbocycles. The highest BCUT2D eigenvalue weighted by atomic mass is 35.5. The lowest BCUT2D eigenvalue weighted by Crippen LogP contribution is -2.36. The van der Waals surface area contributed by atoms with Gasteiger partial charge in [0, 0.05) is 18.1 Å². The summed E-state index contributed by atoms with van der Waals surface area (Å²) < 4.78 is 0. The number of rotatable bonds is 1. The average molecular weight is 240 g/mol. The minimum absolute atomic E-state index is 0.439. The van der Waals surface area contributed by atoms with Gasteiger partial charge in [-0.1, -0.05) is 23.7 Å². The highest BCUT2D eigenvalue weighted by molar-refractivity contribution is 6.30. The molecule has 1 aliphatic rings. The van der Waals surface area contributed by atoms with Crippen molar-refractivity contribution in [1.82, 2.24) is 4.90 Å². The average Bonchev–Trinajstić information content (AvgIpc) is 2.29. The number of halogens is 1. The zero-order valence-electron chi connectivity index (χ0n) is 8.90. The van der Waals surface area contributed by atoms with Gasteiger partial charge in [0.1, 0.15) is 0 Å². The third-order valence-corrected chi connectivity index (χ3v) is 3.32. The number of nitrogens with zero attached hydrogens (tertiary/aromatic N) is 1. The van der Waals surface area contributed by atoms with E-state index in [1.165, 1.54) is 10.5 Å². The molecular formula is C12H14ClNO2. The van der Waals surface area contributed by atoms with E-state index in [0.717, 1.165) is 17.9 Å². The molecule has 16 heavy (non-hydrogen) atoms. The molecule has 1 amide bonds. The third-order valence-electron chi connectivity index (χ3n) is 3.09. The lowest BCUT2D eigenvalue weighted by molar-refractivity contribution is 0.132. The summed E-state index contributed by atoms with van der Waals surface area (Å²) in [5.41, 5.74) is 1.22. The Kier molecular flexibility index (Phi) is 3.34. The van der Waals surface area contributed by atoms with E-state index in [2.05, 4.69) is 6.07 Å². The Hall–Kier alpha value is -1.22. The Balaban J connectivity index is 2.01. The van der Waals surface area contributed by atoms with Crippen LogP contribution in [0.25, 0.3) is 0 Å². The Morgan fingerprint density at radius 2 is 2.06 bits per heavy atom. The van der Waals surface area contributed by atoms with Crippen LogP contribution in [0.2, 0.25) is 5.02 Å². The van der Waals surface area contributed by atoms with Gasteiger partial charge in [0.2, 0.25) is 0 Å². The summed E-state index contributed by atoms with van der Waals surface area (Å²) in [6, 6.07) is 7.84. The van der Waals surface area contributed by atoms with Crippen molar-refractivity contribution in [1.29, 1.82) is 0 Å². The molecule has 0 atom stereocenters. The number of likely N-dealkylation sites (tertiary alicyclic amines) is 1. The summed E-state index contributed by atoms with van der Waals surface area (Å²) in [7, 11) is 0. The third kappa shape index (κ3) is 2.47. The van der Waals surface area contributed by atoms with Gasteiger partial charge in [-0.3, -0.25) is 0 Å². The van der Waals surface area contributed by atoms with Crippen molar-refractivity contribution in [2.24, 2.45) is 0 Å². The maximum atomic E-state index is 10.8. The van der Waals surface area contributed by atoms with E-state index in [0.29, 0.717) is 19.0 Å². The van der Waals surface area contributed by atoms with E-state index in [4.69, 9.17) is 16.7 Å². The van der Waals surface area contributed by atoms with Crippen molar-refractivity contribution in [2.45, 2.75) is 18.8 Å². The second kappa shape index (κ2) is 4.74. The Morgan fingerprint density at radius 1 is 1.38 bits per heavy atom. The van der Waals surface area contributed by atoms with Gasteiger partial charge in [0.15, 0.2) is 0 Å². The molecule has 1 saturated heterocycles. The summed E-state index contributed by atoms with van der Waals surface area (Å²) >= 11 is 5.94. The molecule has 1 aromatic carbocycles. The molecule has 0 saturated carbocycles. The highest BCUT2D eigenvalue weighted by Gasteiger charge is 2.23. The maximum Gasteiger partial charge on any atom is 0.407 e. The zero-order valence-corrected chi connectivity index (χ0v) is 9.65. The second-order valence-electron chi connectivity index (χ2n) is 4.10. The number of piperidine rings is 1. The van der Waals surface area contributed by atoms with Gasteiger partial charge < -0.3 is 10.0 Å². The predicted molar refractivity (Wildman–Crippen MR) is 63.0 cm³/mol. The van der Waals surface area contributed by atoms with Crippen LogP contribution in [0.5, 0.6) is 0 Å². The number of hydrogen-bond donors (Lipinski definition) is 1. The smallest absolute Gasteiger partial charge is 0.407 e. The minimum atomic E-state index is -0.815. The van der Waals surface area contributed by atoms with Crippen molar-refractivity contribution in [3.8, 4) is 0 Å². The number of benzene rings is 1. The van der Waals surface area contributed by atoms with Crippen LogP contribution in [-0.2, 0) is 0 Å². The fourth-order valence-corrected chi connectivity index (χ4v) is 2.36. The number of amides is 1. The van der Waals surface area contributed by atoms with Gasteiger partial charge in [-0.05, 0) is 36.5 Å². The fourth-order valence-electron chi connectivity index (χ4n) is 2.16. The van der Waals surface area contributed by atoms with Gasteiger partial charge in [-0.2, -0.15) is 0 Å². The van der Waals surface area contributed by atoms with E-state index in [1.807, 2.05) is 18.2 Å². The van der Waals surface area contributed by atoms with E-state index in [1.54, 1.807) is 0 Å². The largest absolute Gasteiger partial charge is 0.465 e. The van der Waals surface area contributed by atoms with Crippen LogP contribution in [0.1, 0.15) is 24.3 Å². The predicted octanol–water partition coefficient (Wildman–Crippen LogP) is 3.20. The van der Waals surface area contributed by atoms with E-state index < -0.39 is 6.09 Å². The van der Waals surface area contributed by atoms with Crippen LogP contribution in [0, 0.1) is 0 Å². The van der Waals surface area contributed by atoms with Crippen molar-refractivity contribution >= 4 is 17.7 Å². The Morgan fingerprint density at radius 3 is 2.62 bits per heavy atom. The lowest BCUT2D eigenvalue weighted by Gasteiger charge is -2.30. The molecule has 1 N–H and O–H groups in total. The van der Waals surface area contributed by atoms with E-state index in [-0.39, 0.29) is 0 Å². The normalized spacial score (nSPS) is 17.4. The standard InChI is InChI=1S/C12H14ClNO2/c13-11-3-1-2-10(8-11)9-4-6-14(7-5-9)12(15)16/h1-3,8-9H,4-7H2,(H,15,16). The van der Waals surface area contributed by atoms with Crippen molar-refractivity contribution in [3.63, 3.8) is 0 Å². The van der Waals surface area contributed by atoms with Crippen LogP contribution in [0.15, 0.2) is 24.3 Å². The molecule has 0 bridgehead atoms. The summed E-state index contributed by atoms with van der Waals surface area (Å²) in [4.78, 5) is 12.2. The molecule has 1 fully saturated rings. The first-order chi connectivity index (χ1) is 7.66. The van der Waals surface area contributed by atoms with E-state index >= 15 is 0 Å². The van der Waals surface area contributed by atoms with Gasteiger partial charge >= 0.3 is 6.09 Å². The van der Waals surface area contributed by atoms with Gasteiger partial charge in [-0.25, -0.2) is 4.79 Å². The molecule has 1 heterocycles. The maximum absolute atomic E-state index is 10.8. The van der Waals surface area contributed by atoms with Crippen LogP contribution < -0.4 is 0 Å². The molecule has 1 aromatic rings. The quantitative estimate of drug-likeness (QED) is 0.818. The van der Waals surface area contributed by atoms with Gasteiger partial charge in [0.05, 0.1) is 0 Å². The van der Waals surface area contributed by atoms with E-state index in [9.17, 15) is 4.79 Å². The lowest BCUT2D eigenvalue weighted by atomic mass is 9.90. The minimum Gasteiger partial charge on any atom is -0.465 e. The molecule has 2 rings (SSSR count). The zero-order chi connectivity index (χ0) is 11.5. The fraction of sp³-hybridized carbons (Fsp3) is 0.417. The molecule has 0 aromatic heterocycles. The van der Waals surface area contributed by atoms with Gasteiger partial charge in [0.25, 0.3) is 0 Å². The number of carbonyl (C=O) groups is 1. The van der Waals surface area contributed by atoms with Crippen LogP contribution in [0.3, 0.4) is 0 Å². The van der Waals surface area contributed by atoms with Crippen LogP contribution in [-0.4, -0.2) is 29.2 Å². The van der Waals surface area contributed by atoms with Crippen molar-refractivity contribution < 1.29 is 9.90 Å². The van der Waals surface area contributed by atoms with Crippen molar-refractivity contribution in [3.05, 3.63) is 34.9 Å². The molecule has 4 heteroatoms. The summed E-state index contributed by atoms with van der Waals surface area (Å²) in [5.74, 6) is 0.439. The second-order valence-corrected chi connectivity index (χ2v) is 4.54. The molecule has 86 valence electrons. The first-order valence-electron chi connectivity index (χ1n) is 5.40. The topological polar surface area (TPSA) is 40.5 Å². The molecule has 3 nitrogen and oxygen atoms in total. The number of hydrogen-bond acceptors (Lipinski definition) is 1. The molecule has 0 unspecified atom stereocenters. The van der Waals surface area contributed by atoms with Crippen molar-refractivity contribution in [2.75, 3.05) is 13.1 Å².